The van der Waals surface area contributed by atoms with Crippen molar-refractivity contribution in [2.75, 3.05) is 18.6 Å². The minimum atomic E-state index is -0.648. The van der Waals surface area contributed by atoms with Crippen molar-refractivity contribution in [3.8, 4) is 0 Å². The maximum Gasteiger partial charge on any atom is 0.270 e. The number of thioether (sulfide) groups is 1. The molecule has 2 amide bonds. The van der Waals surface area contributed by atoms with E-state index in [1.165, 1.54) is 62.8 Å². The number of carbonyl (C=O) groups excluding carboxylic acids is 2. The standard InChI is InChI=1S/C24H33N3O4S/c1-32-8-5-21(26-22(28)19-3-2-4-20(12-19)27(30)31)23(29)25-7-6-24-13-16-9-17(14-24)11-18(10-16)15-24/h2-4,12,16-18,21H,5-11,13-15H2,1H3,(H,25,29)(H,26,28). The highest BCUT2D eigenvalue weighted by atomic mass is 32.2. The van der Waals surface area contributed by atoms with Crippen LogP contribution in [0.1, 0.15) is 61.7 Å². The Morgan fingerprint density at radius 3 is 2.44 bits per heavy atom. The zero-order chi connectivity index (χ0) is 22.7. The molecule has 8 heteroatoms. The molecule has 1 aromatic rings. The minimum Gasteiger partial charge on any atom is -0.354 e. The van der Waals surface area contributed by atoms with Crippen LogP contribution in [-0.4, -0.2) is 41.3 Å². The molecule has 5 rings (SSSR count). The number of nitro groups is 1. The third kappa shape index (κ3) is 5.27. The number of hydrogen-bond acceptors (Lipinski definition) is 5. The van der Waals surface area contributed by atoms with E-state index >= 15 is 0 Å². The summed E-state index contributed by atoms with van der Waals surface area (Å²) in [4.78, 5) is 36.1. The van der Waals surface area contributed by atoms with Crippen LogP contribution < -0.4 is 10.6 Å². The van der Waals surface area contributed by atoms with Crippen LogP contribution in [0.4, 0.5) is 5.69 Å². The number of hydrogen-bond donors (Lipinski definition) is 2. The lowest BCUT2D eigenvalue weighted by Crippen LogP contribution is -2.50. The largest absolute Gasteiger partial charge is 0.354 e. The molecule has 0 aliphatic heterocycles. The lowest BCUT2D eigenvalue weighted by molar-refractivity contribution is -0.384. The van der Waals surface area contributed by atoms with Gasteiger partial charge in [-0.05, 0) is 92.6 Å². The van der Waals surface area contributed by atoms with Crippen LogP contribution >= 0.6 is 11.8 Å². The van der Waals surface area contributed by atoms with E-state index < -0.39 is 16.9 Å². The van der Waals surface area contributed by atoms with E-state index in [0.717, 1.165) is 29.9 Å². The fourth-order valence-corrected chi connectivity index (χ4v) is 7.15. The SMILES string of the molecule is CSCCC(NC(=O)c1cccc([N+](=O)[O-])c1)C(=O)NCCC12CC3CC(CC(C3)C1)C2. The first-order valence-corrected chi connectivity index (χ1v) is 13.1. The molecule has 4 fully saturated rings. The molecule has 4 aliphatic rings. The molecule has 1 atom stereocenters. The monoisotopic (exact) mass is 459 g/mol. The fourth-order valence-electron chi connectivity index (χ4n) is 6.68. The number of non-ortho nitro benzene ring substituents is 1. The number of benzene rings is 1. The quantitative estimate of drug-likeness (QED) is 0.404. The van der Waals surface area contributed by atoms with E-state index in [2.05, 4.69) is 10.6 Å². The molecular weight excluding hydrogens is 426 g/mol. The van der Waals surface area contributed by atoms with Gasteiger partial charge in [0, 0.05) is 24.2 Å². The van der Waals surface area contributed by atoms with Crippen molar-refractivity contribution in [1.82, 2.24) is 10.6 Å². The zero-order valence-electron chi connectivity index (χ0n) is 18.7. The van der Waals surface area contributed by atoms with Gasteiger partial charge in [0.05, 0.1) is 4.92 Å². The van der Waals surface area contributed by atoms with E-state index in [1.54, 1.807) is 11.8 Å². The van der Waals surface area contributed by atoms with Gasteiger partial charge in [-0.2, -0.15) is 11.8 Å². The van der Waals surface area contributed by atoms with Gasteiger partial charge in [-0.25, -0.2) is 0 Å². The molecule has 0 heterocycles. The highest BCUT2D eigenvalue weighted by Gasteiger charge is 2.50. The van der Waals surface area contributed by atoms with E-state index in [1.807, 2.05) is 6.26 Å². The van der Waals surface area contributed by atoms with Crippen LogP contribution in [0, 0.1) is 33.3 Å². The second-order valence-corrected chi connectivity index (χ2v) is 11.1. The average Bonchev–Trinajstić information content (AvgIpc) is 2.75. The number of nitro benzene ring substituents is 1. The molecule has 0 spiro atoms. The maximum absolute atomic E-state index is 12.9. The molecule has 4 bridgehead atoms. The highest BCUT2D eigenvalue weighted by molar-refractivity contribution is 7.98. The fraction of sp³-hybridized carbons (Fsp3) is 0.667. The first kappa shape index (κ1) is 23.1. The summed E-state index contributed by atoms with van der Waals surface area (Å²) >= 11 is 1.62. The Balaban J connectivity index is 1.33. The zero-order valence-corrected chi connectivity index (χ0v) is 19.5. The number of nitrogens with zero attached hydrogens (tertiary/aromatic N) is 1. The summed E-state index contributed by atoms with van der Waals surface area (Å²) in [6.07, 6.45) is 11.7. The normalized spacial score (nSPS) is 28.8. The van der Waals surface area contributed by atoms with E-state index in [4.69, 9.17) is 0 Å². The molecule has 32 heavy (non-hydrogen) atoms. The molecule has 4 saturated carbocycles. The molecule has 0 aromatic heterocycles. The second kappa shape index (κ2) is 9.81. The third-order valence-electron chi connectivity index (χ3n) is 7.67. The van der Waals surface area contributed by atoms with Crippen LogP contribution in [0.15, 0.2) is 24.3 Å². The summed E-state index contributed by atoms with van der Waals surface area (Å²) in [7, 11) is 0. The minimum absolute atomic E-state index is 0.140. The molecule has 0 radical (unpaired) electrons. The average molecular weight is 460 g/mol. The molecule has 0 saturated heterocycles. The van der Waals surface area contributed by atoms with Gasteiger partial charge in [-0.3, -0.25) is 19.7 Å². The Hall–Kier alpha value is -2.09. The summed E-state index contributed by atoms with van der Waals surface area (Å²) in [5, 5.41) is 16.9. The van der Waals surface area contributed by atoms with Crippen LogP contribution in [0.3, 0.4) is 0 Å². The van der Waals surface area contributed by atoms with Gasteiger partial charge in [0.15, 0.2) is 0 Å². The molecule has 4 aliphatic carbocycles. The summed E-state index contributed by atoms with van der Waals surface area (Å²) in [5.41, 5.74) is 0.455. The van der Waals surface area contributed by atoms with Crippen molar-refractivity contribution in [3.63, 3.8) is 0 Å². The van der Waals surface area contributed by atoms with E-state index in [0.29, 0.717) is 18.4 Å². The predicted octanol–water partition coefficient (Wildman–Crippen LogP) is 4.17. The van der Waals surface area contributed by atoms with E-state index in [-0.39, 0.29) is 17.2 Å². The number of amides is 2. The summed E-state index contributed by atoms with van der Waals surface area (Å²) in [5.74, 6) is 2.78. The first-order chi connectivity index (χ1) is 15.4. The lowest BCUT2D eigenvalue weighted by atomic mass is 9.49. The Bertz CT molecular complexity index is 839. The van der Waals surface area contributed by atoms with Gasteiger partial charge in [-0.1, -0.05) is 6.07 Å². The second-order valence-electron chi connectivity index (χ2n) is 10.1. The van der Waals surface area contributed by atoms with E-state index in [9.17, 15) is 19.7 Å². The molecule has 1 unspecified atom stereocenters. The van der Waals surface area contributed by atoms with Crippen LogP contribution in [-0.2, 0) is 4.79 Å². The van der Waals surface area contributed by atoms with Gasteiger partial charge in [0.25, 0.3) is 11.6 Å². The molecule has 2 N–H and O–H groups in total. The van der Waals surface area contributed by atoms with Crippen LogP contribution in [0.5, 0.6) is 0 Å². The Morgan fingerprint density at radius 1 is 1.19 bits per heavy atom. The Labute approximate surface area is 193 Å². The number of carbonyl (C=O) groups is 2. The molecule has 1 aromatic carbocycles. The van der Waals surface area contributed by atoms with Gasteiger partial charge in [0.1, 0.15) is 6.04 Å². The summed E-state index contributed by atoms with van der Waals surface area (Å²) in [6, 6.07) is 4.95. The van der Waals surface area contributed by atoms with Crippen molar-refractivity contribution in [2.24, 2.45) is 23.2 Å². The van der Waals surface area contributed by atoms with Crippen molar-refractivity contribution < 1.29 is 14.5 Å². The van der Waals surface area contributed by atoms with Crippen molar-refractivity contribution >= 4 is 29.3 Å². The molecule has 7 nitrogen and oxygen atoms in total. The maximum atomic E-state index is 12.9. The van der Waals surface area contributed by atoms with Crippen LogP contribution in [0.2, 0.25) is 0 Å². The highest BCUT2D eigenvalue weighted by Crippen LogP contribution is 2.61. The number of rotatable bonds is 10. The van der Waals surface area contributed by atoms with Crippen molar-refractivity contribution in [2.45, 2.75) is 57.4 Å². The molecule has 174 valence electrons. The number of nitrogens with one attached hydrogen (secondary N) is 2. The topological polar surface area (TPSA) is 101 Å². The van der Waals surface area contributed by atoms with Gasteiger partial charge < -0.3 is 10.6 Å². The van der Waals surface area contributed by atoms with Gasteiger partial charge in [-0.15, -0.1) is 0 Å². The summed E-state index contributed by atoms with van der Waals surface area (Å²) in [6.45, 7) is 0.646. The predicted molar refractivity (Wildman–Crippen MR) is 126 cm³/mol. The summed E-state index contributed by atoms with van der Waals surface area (Å²) < 4.78 is 0. The Kier molecular flexibility index (Phi) is 7.08. The first-order valence-electron chi connectivity index (χ1n) is 11.7. The van der Waals surface area contributed by atoms with Crippen LogP contribution in [0.25, 0.3) is 0 Å². The molecular formula is C24H33N3O4S. The smallest absolute Gasteiger partial charge is 0.270 e. The van der Waals surface area contributed by atoms with Crippen molar-refractivity contribution in [3.05, 3.63) is 39.9 Å². The van der Waals surface area contributed by atoms with Gasteiger partial charge >= 0.3 is 0 Å². The van der Waals surface area contributed by atoms with Gasteiger partial charge in [0.2, 0.25) is 5.91 Å². The lowest BCUT2D eigenvalue weighted by Gasteiger charge is -2.57. The Morgan fingerprint density at radius 2 is 1.84 bits per heavy atom. The third-order valence-corrected chi connectivity index (χ3v) is 8.32. The van der Waals surface area contributed by atoms with Crippen molar-refractivity contribution in [1.29, 1.82) is 0 Å².